The van der Waals surface area contributed by atoms with Crippen LogP contribution >= 0.6 is 0 Å². The van der Waals surface area contributed by atoms with Gasteiger partial charge in [0.1, 0.15) is 5.60 Å². The lowest BCUT2D eigenvalue weighted by atomic mass is 10.1. The summed E-state index contributed by atoms with van der Waals surface area (Å²) >= 11 is 0. The second-order valence-corrected chi connectivity index (χ2v) is 6.72. The predicted octanol–water partition coefficient (Wildman–Crippen LogP) is 2.62. The number of hydrogen-bond acceptors (Lipinski definition) is 4. The summed E-state index contributed by atoms with van der Waals surface area (Å²) in [4.78, 5) is 14.1. The topological polar surface area (TPSA) is 59.4 Å². The standard InChI is InChI=1S/C15H26N4O2/c1-11(17-12-9-16-18(5)10-12)13-7-6-8-19(13)14(20)21-15(2,3)4/h9-11,13,17H,6-8H2,1-5H3. The smallest absolute Gasteiger partial charge is 0.410 e. The number of nitrogens with one attached hydrogen (secondary N) is 1. The molecular weight excluding hydrogens is 268 g/mol. The van der Waals surface area contributed by atoms with E-state index in [1.54, 1.807) is 10.9 Å². The van der Waals surface area contributed by atoms with Crippen molar-refractivity contribution < 1.29 is 9.53 Å². The van der Waals surface area contributed by atoms with Crippen LogP contribution < -0.4 is 5.32 Å². The number of anilines is 1. The average molecular weight is 294 g/mol. The van der Waals surface area contributed by atoms with Gasteiger partial charge in [0.05, 0.1) is 17.9 Å². The third kappa shape index (κ3) is 4.12. The number of ether oxygens (including phenoxy) is 1. The Kier molecular flexibility index (Phi) is 4.44. The number of nitrogens with zero attached hydrogens (tertiary/aromatic N) is 3. The van der Waals surface area contributed by atoms with Gasteiger partial charge in [-0.25, -0.2) is 4.79 Å². The third-order valence-electron chi connectivity index (χ3n) is 3.60. The number of likely N-dealkylation sites (tertiary alicyclic amines) is 1. The Morgan fingerprint density at radius 2 is 2.24 bits per heavy atom. The molecule has 0 radical (unpaired) electrons. The van der Waals surface area contributed by atoms with Crippen molar-refractivity contribution in [3.8, 4) is 0 Å². The van der Waals surface area contributed by atoms with Crippen molar-refractivity contribution >= 4 is 11.8 Å². The summed E-state index contributed by atoms with van der Waals surface area (Å²) in [5.41, 5.74) is 0.519. The highest BCUT2D eigenvalue weighted by Gasteiger charge is 2.35. The van der Waals surface area contributed by atoms with Crippen LogP contribution in [-0.4, -0.2) is 45.0 Å². The van der Waals surface area contributed by atoms with Crippen LogP contribution in [0.5, 0.6) is 0 Å². The highest BCUT2D eigenvalue weighted by molar-refractivity contribution is 5.69. The van der Waals surface area contributed by atoms with E-state index < -0.39 is 5.60 Å². The molecule has 0 aromatic carbocycles. The average Bonchev–Trinajstić information content (AvgIpc) is 2.95. The van der Waals surface area contributed by atoms with Crippen molar-refractivity contribution in [1.29, 1.82) is 0 Å². The fourth-order valence-electron chi connectivity index (χ4n) is 2.71. The lowest BCUT2D eigenvalue weighted by molar-refractivity contribution is 0.0216. The maximum absolute atomic E-state index is 12.3. The van der Waals surface area contributed by atoms with E-state index in [0.717, 1.165) is 25.1 Å². The Labute approximate surface area is 126 Å². The molecule has 1 saturated heterocycles. The van der Waals surface area contributed by atoms with Crippen molar-refractivity contribution in [2.75, 3.05) is 11.9 Å². The minimum absolute atomic E-state index is 0.153. The zero-order valence-corrected chi connectivity index (χ0v) is 13.6. The number of hydrogen-bond donors (Lipinski definition) is 1. The van der Waals surface area contributed by atoms with Crippen LogP contribution in [0, 0.1) is 0 Å². The van der Waals surface area contributed by atoms with Crippen molar-refractivity contribution in [2.45, 2.75) is 58.2 Å². The second-order valence-electron chi connectivity index (χ2n) is 6.72. The Bertz CT molecular complexity index is 492. The summed E-state index contributed by atoms with van der Waals surface area (Å²) in [6.45, 7) is 8.55. The number of carbonyl (C=O) groups excluding carboxylic acids is 1. The molecule has 21 heavy (non-hydrogen) atoms. The monoisotopic (exact) mass is 294 g/mol. The minimum Gasteiger partial charge on any atom is -0.444 e. The summed E-state index contributed by atoms with van der Waals surface area (Å²) in [6, 6.07) is 0.310. The van der Waals surface area contributed by atoms with Crippen LogP contribution in [0.4, 0.5) is 10.5 Å². The van der Waals surface area contributed by atoms with Gasteiger partial charge in [0.15, 0.2) is 0 Å². The molecule has 1 aliphatic rings. The zero-order valence-electron chi connectivity index (χ0n) is 13.6. The molecule has 1 amide bonds. The van der Waals surface area contributed by atoms with Gasteiger partial charge in [0.2, 0.25) is 0 Å². The molecule has 0 bridgehead atoms. The summed E-state index contributed by atoms with van der Waals surface area (Å²) in [5, 5.41) is 7.57. The molecule has 2 heterocycles. The fourth-order valence-corrected chi connectivity index (χ4v) is 2.71. The van der Waals surface area contributed by atoms with Gasteiger partial charge < -0.3 is 15.0 Å². The van der Waals surface area contributed by atoms with Crippen molar-refractivity contribution in [2.24, 2.45) is 7.05 Å². The molecule has 0 saturated carbocycles. The Hall–Kier alpha value is -1.72. The molecule has 1 fully saturated rings. The largest absolute Gasteiger partial charge is 0.444 e. The van der Waals surface area contributed by atoms with Crippen LogP contribution in [0.2, 0.25) is 0 Å². The van der Waals surface area contributed by atoms with E-state index in [9.17, 15) is 4.79 Å². The van der Waals surface area contributed by atoms with E-state index in [2.05, 4.69) is 17.3 Å². The third-order valence-corrected chi connectivity index (χ3v) is 3.60. The Morgan fingerprint density at radius 3 is 2.81 bits per heavy atom. The van der Waals surface area contributed by atoms with Gasteiger partial charge in [0, 0.05) is 25.8 Å². The summed E-state index contributed by atoms with van der Waals surface area (Å²) < 4.78 is 7.26. The molecule has 2 atom stereocenters. The Balaban J connectivity index is 1.99. The highest BCUT2D eigenvalue weighted by atomic mass is 16.6. The molecule has 2 unspecified atom stereocenters. The van der Waals surface area contributed by atoms with E-state index in [-0.39, 0.29) is 18.2 Å². The van der Waals surface area contributed by atoms with Crippen LogP contribution in [-0.2, 0) is 11.8 Å². The van der Waals surface area contributed by atoms with Crippen LogP contribution in [0.1, 0.15) is 40.5 Å². The number of amides is 1. The molecule has 1 aromatic rings. The van der Waals surface area contributed by atoms with E-state index in [4.69, 9.17) is 4.74 Å². The lowest BCUT2D eigenvalue weighted by Crippen LogP contribution is -2.46. The molecule has 0 spiro atoms. The van der Waals surface area contributed by atoms with Crippen molar-refractivity contribution in [1.82, 2.24) is 14.7 Å². The van der Waals surface area contributed by atoms with E-state index in [1.165, 1.54) is 0 Å². The van der Waals surface area contributed by atoms with Crippen molar-refractivity contribution in [3.05, 3.63) is 12.4 Å². The number of rotatable bonds is 3. The summed E-state index contributed by atoms with van der Waals surface area (Å²) in [5.74, 6) is 0. The van der Waals surface area contributed by atoms with E-state index in [0.29, 0.717) is 0 Å². The molecule has 6 nitrogen and oxygen atoms in total. The predicted molar refractivity (Wildman–Crippen MR) is 82.3 cm³/mol. The molecule has 2 rings (SSSR count). The molecule has 6 heteroatoms. The molecular formula is C15H26N4O2. The quantitative estimate of drug-likeness (QED) is 0.931. The molecule has 1 aliphatic heterocycles. The first kappa shape index (κ1) is 15.7. The maximum Gasteiger partial charge on any atom is 0.410 e. The molecule has 1 aromatic heterocycles. The van der Waals surface area contributed by atoms with Gasteiger partial charge in [-0.2, -0.15) is 5.10 Å². The van der Waals surface area contributed by atoms with Gasteiger partial charge in [0.25, 0.3) is 0 Å². The summed E-state index contributed by atoms with van der Waals surface area (Å²) in [6.07, 6.45) is 5.52. The van der Waals surface area contributed by atoms with E-state index in [1.807, 2.05) is 38.9 Å². The Morgan fingerprint density at radius 1 is 1.52 bits per heavy atom. The highest BCUT2D eigenvalue weighted by Crippen LogP contribution is 2.24. The molecule has 118 valence electrons. The first-order chi connectivity index (χ1) is 9.76. The number of aromatic nitrogens is 2. The normalized spacial score (nSPS) is 20.4. The molecule has 0 aliphatic carbocycles. The minimum atomic E-state index is -0.454. The van der Waals surface area contributed by atoms with Crippen molar-refractivity contribution in [3.63, 3.8) is 0 Å². The van der Waals surface area contributed by atoms with Gasteiger partial charge >= 0.3 is 6.09 Å². The number of carbonyl (C=O) groups is 1. The molecule has 1 N–H and O–H groups in total. The van der Waals surface area contributed by atoms with Crippen LogP contribution in [0.3, 0.4) is 0 Å². The SMILES string of the molecule is CC(Nc1cnn(C)c1)C1CCCN1C(=O)OC(C)(C)C. The first-order valence-corrected chi connectivity index (χ1v) is 7.51. The van der Waals surface area contributed by atoms with Gasteiger partial charge in [-0.1, -0.05) is 0 Å². The van der Waals surface area contributed by atoms with Crippen LogP contribution in [0.15, 0.2) is 12.4 Å². The first-order valence-electron chi connectivity index (χ1n) is 7.51. The van der Waals surface area contributed by atoms with Crippen LogP contribution in [0.25, 0.3) is 0 Å². The lowest BCUT2D eigenvalue weighted by Gasteiger charge is -2.32. The fraction of sp³-hybridized carbons (Fsp3) is 0.733. The van der Waals surface area contributed by atoms with Gasteiger partial charge in [-0.05, 0) is 40.5 Å². The number of aryl methyl sites for hydroxylation is 1. The van der Waals surface area contributed by atoms with Gasteiger partial charge in [-0.15, -0.1) is 0 Å². The van der Waals surface area contributed by atoms with E-state index >= 15 is 0 Å². The maximum atomic E-state index is 12.3. The zero-order chi connectivity index (χ0) is 15.6. The second kappa shape index (κ2) is 5.95. The van der Waals surface area contributed by atoms with Gasteiger partial charge in [-0.3, -0.25) is 4.68 Å². The summed E-state index contributed by atoms with van der Waals surface area (Å²) in [7, 11) is 1.89.